The molecule has 7 heteroatoms. The molecule has 0 unspecified atom stereocenters. The number of hydrogen-bond donors (Lipinski definition) is 0. The summed E-state index contributed by atoms with van der Waals surface area (Å²) < 4.78 is 32.6. The molecule has 0 bridgehead atoms. The van der Waals surface area contributed by atoms with Crippen molar-refractivity contribution in [2.75, 3.05) is 5.75 Å². The zero-order valence-electron chi connectivity index (χ0n) is 6.87. The van der Waals surface area contributed by atoms with Gasteiger partial charge in [-0.05, 0) is 18.1 Å². The lowest BCUT2D eigenvalue weighted by Gasteiger charge is -1.99. The van der Waals surface area contributed by atoms with E-state index in [2.05, 4.69) is 4.98 Å². The van der Waals surface area contributed by atoms with Crippen LogP contribution in [0.25, 0.3) is 0 Å². The van der Waals surface area contributed by atoms with Crippen LogP contribution in [0.5, 0.6) is 0 Å². The lowest BCUT2D eigenvalue weighted by Crippen LogP contribution is -2.02. The Kier molecular flexibility index (Phi) is 3.69. The number of nitrogens with zero attached hydrogens (tertiary/aromatic N) is 1. The second-order valence-electron chi connectivity index (χ2n) is 2.61. The fraction of sp³-hybridized carbons (Fsp3) is 0.286. The summed E-state index contributed by atoms with van der Waals surface area (Å²) in [6, 6.07) is 1.46. The number of pyridine rings is 1. The van der Waals surface area contributed by atoms with Gasteiger partial charge in [0.1, 0.15) is 5.15 Å². The Morgan fingerprint density at radius 3 is 2.57 bits per heavy atom. The number of halogens is 3. The van der Waals surface area contributed by atoms with Gasteiger partial charge in [-0.3, -0.25) is 0 Å². The molecule has 3 nitrogen and oxygen atoms in total. The number of rotatable bonds is 3. The van der Waals surface area contributed by atoms with Crippen LogP contribution in [-0.4, -0.2) is 19.2 Å². The smallest absolute Gasteiger partial charge is 0.243 e. The number of hydrogen-bond acceptors (Lipinski definition) is 3. The molecule has 0 spiro atoms. The third-order valence-corrected chi connectivity index (χ3v) is 2.87. The van der Waals surface area contributed by atoms with E-state index in [0.29, 0.717) is 5.56 Å². The molecule has 0 saturated carbocycles. The summed E-state index contributed by atoms with van der Waals surface area (Å²) in [6.45, 7) is 0. The van der Waals surface area contributed by atoms with E-state index < -0.39 is 16.0 Å². The summed E-state index contributed by atoms with van der Waals surface area (Å²) in [6.07, 6.45) is 1.39. The molecule has 0 atom stereocenters. The van der Waals surface area contributed by atoms with Gasteiger partial charge in [-0.1, -0.05) is 23.2 Å². The van der Waals surface area contributed by atoms with Gasteiger partial charge >= 0.3 is 10.2 Å². The van der Waals surface area contributed by atoms with E-state index in [9.17, 15) is 12.3 Å². The molecule has 78 valence electrons. The fourth-order valence-corrected chi connectivity index (χ4v) is 1.61. The zero-order valence-corrected chi connectivity index (χ0v) is 9.20. The number of aromatic nitrogens is 1. The predicted octanol–water partition coefficient (Wildman–Crippen LogP) is 2.23. The molecule has 0 aromatic carbocycles. The van der Waals surface area contributed by atoms with Crippen molar-refractivity contribution in [2.24, 2.45) is 0 Å². The Labute approximate surface area is 91.1 Å². The lowest BCUT2D eigenvalue weighted by atomic mass is 10.2. The molecule has 0 fully saturated rings. The van der Waals surface area contributed by atoms with Crippen molar-refractivity contribution in [2.45, 2.75) is 6.42 Å². The van der Waals surface area contributed by atoms with Crippen molar-refractivity contribution in [3.63, 3.8) is 0 Å². The standard InChI is InChI=1S/C7H6Cl2FNO2S/c8-6-3-5(4-11-7(6)9)1-2-14(10,12)13/h3-4H,1-2H2. The number of aryl methyl sites for hydroxylation is 1. The van der Waals surface area contributed by atoms with Crippen LogP contribution in [-0.2, 0) is 16.6 Å². The highest BCUT2D eigenvalue weighted by atomic mass is 35.5. The van der Waals surface area contributed by atoms with Crippen LogP contribution in [0.15, 0.2) is 12.3 Å². The SMILES string of the molecule is O=S(=O)(F)CCc1cnc(Cl)c(Cl)c1. The van der Waals surface area contributed by atoms with E-state index in [-0.39, 0.29) is 16.6 Å². The topological polar surface area (TPSA) is 47.0 Å². The Hall–Kier alpha value is -0.390. The molecule has 1 heterocycles. The largest absolute Gasteiger partial charge is 0.302 e. The van der Waals surface area contributed by atoms with Gasteiger partial charge in [0.2, 0.25) is 0 Å². The molecule has 0 N–H and O–H groups in total. The third-order valence-electron chi connectivity index (χ3n) is 1.49. The molecule has 0 amide bonds. The summed E-state index contributed by atoms with van der Waals surface area (Å²) in [4.78, 5) is 3.70. The highest BCUT2D eigenvalue weighted by Gasteiger charge is 2.08. The molecule has 0 saturated heterocycles. The normalized spacial score (nSPS) is 11.6. The molecular formula is C7H6Cl2FNO2S. The van der Waals surface area contributed by atoms with Crippen LogP contribution in [0.1, 0.15) is 5.56 Å². The Balaban J connectivity index is 2.74. The van der Waals surface area contributed by atoms with E-state index in [1.165, 1.54) is 12.3 Å². The first-order valence-corrected chi connectivity index (χ1v) is 5.91. The fourth-order valence-electron chi connectivity index (χ4n) is 0.837. The quantitative estimate of drug-likeness (QED) is 0.617. The summed E-state index contributed by atoms with van der Waals surface area (Å²) in [5.74, 6) is -0.577. The van der Waals surface area contributed by atoms with Crippen molar-refractivity contribution in [1.29, 1.82) is 0 Å². The third kappa shape index (κ3) is 3.77. The molecule has 0 aliphatic carbocycles. The van der Waals surface area contributed by atoms with Gasteiger partial charge in [0.15, 0.2) is 0 Å². The minimum atomic E-state index is -4.45. The maximum absolute atomic E-state index is 12.1. The summed E-state index contributed by atoms with van der Waals surface area (Å²) in [5.41, 5.74) is 0.528. The maximum Gasteiger partial charge on any atom is 0.302 e. The minimum absolute atomic E-state index is 0.0305. The van der Waals surface area contributed by atoms with Gasteiger partial charge in [0, 0.05) is 6.20 Å². The van der Waals surface area contributed by atoms with E-state index >= 15 is 0 Å². The van der Waals surface area contributed by atoms with E-state index in [1.807, 2.05) is 0 Å². The molecule has 1 aromatic heterocycles. The van der Waals surface area contributed by atoms with Crippen LogP contribution in [0, 0.1) is 0 Å². The van der Waals surface area contributed by atoms with Crippen molar-refractivity contribution >= 4 is 33.4 Å². The second kappa shape index (κ2) is 4.42. The van der Waals surface area contributed by atoms with Crippen LogP contribution >= 0.6 is 23.2 Å². The zero-order chi connectivity index (χ0) is 10.8. The molecular weight excluding hydrogens is 252 g/mol. The van der Waals surface area contributed by atoms with Crippen LogP contribution < -0.4 is 0 Å². The molecule has 14 heavy (non-hydrogen) atoms. The average molecular weight is 258 g/mol. The average Bonchev–Trinajstić information content (AvgIpc) is 2.06. The Bertz CT molecular complexity index is 435. The predicted molar refractivity (Wildman–Crippen MR) is 52.9 cm³/mol. The summed E-state index contributed by atoms with van der Waals surface area (Å²) >= 11 is 11.2. The molecule has 0 aliphatic heterocycles. The van der Waals surface area contributed by atoms with E-state index in [4.69, 9.17) is 23.2 Å². The first-order valence-electron chi connectivity index (χ1n) is 3.61. The molecule has 0 aliphatic rings. The molecule has 1 aromatic rings. The highest BCUT2D eigenvalue weighted by Crippen LogP contribution is 2.20. The molecule has 0 radical (unpaired) electrons. The Morgan fingerprint density at radius 2 is 2.07 bits per heavy atom. The summed E-state index contributed by atoms with van der Waals surface area (Å²) in [5, 5.41) is 0.360. The van der Waals surface area contributed by atoms with Crippen molar-refractivity contribution in [3.05, 3.63) is 28.0 Å². The van der Waals surface area contributed by atoms with E-state index in [1.54, 1.807) is 0 Å². The first-order chi connectivity index (χ1) is 6.38. The van der Waals surface area contributed by atoms with Gasteiger partial charge in [-0.25, -0.2) is 4.98 Å². The van der Waals surface area contributed by atoms with Crippen molar-refractivity contribution < 1.29 is 12.3 Å². The lowest BCUT2D eigenvalue weighted by molar-refractivity contribution is 0.551. The highest BCUT2D eigenvalue weighted by molar-refractivity contribution is 7.86. The second-order valence-corrected chi connectivity index (χ2v) is 4.86. The monoisotopic (exact) mass is 257 g/mol. The molecule has 1 rings (SSSR count). The van der Waals surface area contributed by atoms with Gasteiger partial charge < -0.3 is 0 Å². The van der Waals surface area contributed by atoms with Crippen molar-refractivity contribution in [3.8, 4) is 0 Å². The first kappa shape index (κ1) is 11.7. The maximum atomic E-state index is 12.1. The summed E-state index contributed by atoms with van der Waals surface area (Å²) in [7, 11) is -4.45. The van der Waals surface area contributed by atoms with Gasteiger partial charge in [-0.2, -0.15) is 8.42 Å². The van der Waals surface area contributed by atoms with E-state index in [0.717, 1.165) is 0 Å². The van der Waals surface area contributed by atoms with Gasteiger partial charge in [-0.15, -0.1) is 3.89 Å². The Morgan fingerprint density at radius 1 is 1.43 bits per heavy atom. The van der Waals surface area contributed by atoms with Crippen molar-refractivity contribution in [1.82, 2.24) is 4.98 Å². The van der Waals surface area contributed by atoms with Crippen LogP contribution in [0.3, 0.4) is 0 Å². The van der Waals surface area contributed by atoms with Crippen LogP contribution in [0.4, 0.5) is 3.89 Å². The van der Waals surface area contributed by atoms with Crippen LogP contribution in [0.2, 0.25) is 10.2 Å². The minimum Gasteiger partial charge on any atom is -0.243 e. The van der Waals surface area contributed by atoms with Gasteiger partial charge in [0.05, 0.1) is 10.8 Å². The van der Waals surface area contributed by atoms with Gasteiger partial charge in [0.25, 0.3) is 0 Å².